The van der Waals surface area contributed by atoms with Crippen LogP contribution in [0.5, 0.6) is 0 Å². The monoisotopic (exact) mass is 223 g/mol. The summed E-state index contributed by atoms with van der Waals surface area (Å²) in [5.74, 6) is 0. The third-order valence-corrected chi connectivity index (χ3v) is 2.02. The zero-order valence-electron chi connectivity index (χ0n) is 8.22. The Kier molecular flexibility index (Phi) is 2.87. The maximum absolute atomic E-state index is 5.72. The van der Waals surface area contributed by atoms with Crippen molar-refractivity contribution in [1.29, 1.82) is 0 Å². The first kappa shape index (κ1) is 9.98. The van der Waals surface area contributed by atoms with E-state index in [1.807, 2.05) is 31.2 Å². The molecule has 0 radical (unpaired) electrons. The van der Waals surface area contributed by atoms with Gasteiger partial charge in [0.1, 0.15) is 0 Å². The summed E-state index contributed by atoms with van der Waals surface area (Å²) in [5, 5.41) is 4.30. The molecule has 0 aliphatic rings. The minimum Gasteiger partial charge on any atom is -0.501 e. The Hall–Kier alpha value is -1.55. The number of hydrogen-bond donors (Lipinski definition) is 0. The molecule has 0 atom stereocenters. The summed E-state index contributed by atoms with van der Waals surface area (Å²) in [6.45, 7) is 2.57. The number of hydrogen-bond acceptors (Lipinski definition) is 3. The van der Waals surface area contributed by atoms with Crippen molar-refractivity contribution in [2.45, 2.75) is 6.92 Å². The molecule has 2 aromatic rings. The SMILES string of the molecule is CCOC=Cc1cccc2nc(Cl)nn12. The highest BCUT2D eigenvalue weighted by atomic mass is 35.5. The van der Waals surface area contributed by atoms with E-state index in [9.17, 15) is 0 Å². The molecule has 2 aromatic heterocycles. The first-order valence-corrected chi connectivity index (χ1v) is 4.98. The van der Waals surface area contributed by atoms with E-state index in [1.54, 1.807) is 10.8 Å². The molecule has 0 saturated carbocycles. The second-order valence-corrected chi connectivity index (χ2v) is 3.20. The molecule has 2 rings (SSSR count). The van der Waals surface area contributed by atoms with Gasteiger partial charge in [-0.3, -0.25) is 0 Å². The van der Waals surface area contributed by atoms with Crippen LogP contribution in [-0.2, 0) is 4.74 Å². The van der Waals surface area contributed by atoms with Crippen molar-refractivity contribution in [1.82, 2.24) is 14.6 Å². The van der Waals surface area contributed by atoms with Gasteiger partial charge in [0, 0.05) is 0 Å². The Morgan fingerprint density at radius 3 is 3.20 bits per heavy atom. The van der Waals surface area contributed by atoms with Crippen LogP contribution in [-0.4, -0.2) is 21.2 Å². The number of fused-ring (bicyclic) bond motifs is 1. The smallest absolute Gasteiger partial charge is 0.243 e. The van der Waals surface area contributed by atoms with Gasteiger partial charge in [0.2, 0.25) is 5.28 Å². The summed E-state index contributed by atoms with van der Waals surface area (Å²) in [5.41, 5.74) is 1.60. The molecule has 0 aliphatic heterocycles. The van der Waals surface area contributed by atoms with Gasteiger partial charge in [-0.2, -0.15) is 4.98 Å². The van der Waals surface area contributed by atoms with E-state index >= 15 is 0 Å². The summed E-state index contributed by atoms with van der Waals surface area (Å²) in [6.07, 6.45) is 3.45. The molecule has 0 unspecified atom stereocenters. The largest absolute Gasteiger partial charge is 0.501 e. The Morgan fingerprint density at radius 2 is 2.40 bits per heavy atom. The zero-order valence-corrected chi connectivity index (χ0v) is 8.98. The molecule has 0 aliphatic carbocycles. The molecule has 0 spiro atoms. The van der Waals surface area contributed by atoms with Gasteiger partial charge in [-0.15, -0.1) is 5.10 Å². The van der Waals surface area contributed by atoms with Crippen LogP contribution < -0.4 is 0 Å². The maximum atomic E-state index is 5.72. The highest BCUT2D eigenvalue weighted by Crippen LogP contribution is 2.10. The van der Waals surface area contributed by atoms with E-state index in [4.69, 9.17) is 16.3 Å². The van der Waals surface area contributed by atoms with Crippen LogP contribution >= 0.6 is 11.6 Å². The van der Waals surface area contributed by atoms with Crippen molar-refractivity contribution in [2.24, 2.45) is 0 Å². The second-order valence-electron chi connectivity index (χ2n) is 2.86. The van der Waals surface area contributed by atoms with Crippen LogP contribution in [0.15, 0.2) is 24.5 Å². The lowest BCUT2D eigenvalue weighted by Crippen LogP contribution is -1.92. The minimum absolute atomic E-state index is 0.243. The number of nitrogens with zero attached hydrogens (tertiary/aromatic N) is 3. The molecule has 0 bridgehead atoms. The fraction of sp³-hybridized carbons (Fsp3) is 0.200. The van der Waals surface area contributed by atoms with Crippen molar-refractivity contribution in [3.63, 3.8) is 0 Å². The Labute approximate surface area is 92.1 Å². The van der Waals surface area contributed by atoms with E-state index < -0.39 is 0 Å². The first-order valence-electron chi connectivity index (χ1n) is 4.60. The minimum atomic E-state index is 0.243. The molecule has 0 saturated heterocycles. The number of ether oxygens (including phenoxy) is 1. The van der Waals surface area contributed by atoms with Crippen LogP contribution in [0.3, 0.4) is 0 Å². The number of aromatic nitrogens is 3. The van der Waals surface area contributed by atoms with Crippen LogP contribution in [0.2, 0.25) is 5.28 Å². The maximum Gasteiger partial charge on any atom is 0.243 e. The van der Waals surface area contributed by atoms with E-state index in [0.717, 1.165) is 11.3 Å². The Morgan fingerprint density at radius 1 is 1.53 bits per heavy atom. The predicted octanol–water partition coefficient (Wildman–Crippen LogP) is 2.39. The highest BCUT2D eigenvalue weighted by molar-refractivity contribution is 6.28. The molecule has 0 N–H and O–H groups in total. The fourth-order valence-corrected chi connectivity index (χ4v) is 1.40. The summed E-state index contributed by atoms with van der Waals surface area (Å²) < 4.78 is 6.78. The summed E-state index contributed by atoms with van der Waals surface area (Å²) >= 11 is 5.72. The van der Waals surface area contributed by atoms with E-state index in [1.165, 1.54) is 0 Å². The lowest BCUT2D eigenvalue weighted by atomic mass is 10.3. The molecule has 0 aromatic carbocycles. The third-order valence-electron chi connectivity index (χ3n) is 1.86. The Balaban J connectivity index is 2.41. The molecule has 2 heterocycles. The average molecular weight is 224 g/mol. The molecule has 15 heavy (non-hydrogen) atoms. The van der Waals surface area contributed by atoms with Gasteiger partial charge in [-0.05, 0) is 36.7 Å². The summed E-state index contributed by atoms with van der Waals surface area (Å²) in [4.78, 5) is 4.04. The van der Waals surface area contributed by atoms with Crippen LogP contribution in [0, 0.1) is 0 Å². The van der Waals surface area contributed by atoms with Gasteiger partial charge in [0.15, 0.2) is 5.65 Å². The molecular weight excluding hydrogens is 214 g/mol. The van der Waals surface area contributed by atoms with Crippen molar-refractivity contribution in [3.8, 4) is 0 Å². The third kappa shape index (κ3) is 2.10. The molecule has 0 amide bonds. The molecule has 0 fully saturated rings. The van der Waals surface area contributed by atoms with Crippen molar-refractivity contribution < 1.29 is 4.74 Å². The molecule has 4 nitrogen and oxygen atoms in total. The van der Waals surface area contributed by atoms with Gasteiger partial charge < -0.3 is 4.74 Å². The lowest BCUT2D eigenvalue weighted by molar-refractivity contribution is 0.272. The van der Waals surface area contributed by atoms with Crippen LogP contribution in [0.25, 0.3) is 11.7 Å². The predicted molar refractivity (Wildman–Crippen MR) is 58.7 cm³/mol. The van der Waals surface area contributed by atoms with Crippen LogP contribution in [0.1, 0.15) is 12.6 Å². The van der Waals surface area contributed by atoms with Crippen LogP contribution in [0.4, 0.5) is 0 Å². The zero-order chi connectivity index (χ0) is 10.7. The number of pyridine rings is 1. The molecule has 78 valence electrons. The van der Waals surface area contributed by atoms with Crippen molar-refractivity contribution in [2.75, 3.05) is 6.61 Å². The van der Waals surface area contributed by atoms with E-state index in [2.05, 4.69) is 10.1 Å². The standard InChI is InChI=1S/C10H10ClN3O/c1-2-15-7-6-8-4-3-5-9-12-10(11)13-14(8)9/h3-7H,2H2,1H3. The van der Waals surface area contributed by atoms with Gasteiger partial charge in [-0.25, -0.2) is 4.52 Å². The fourth-order valence-electron chi connectivity index (χ4n) is 1.24. The van der Waals surface area contributed by atoms with Crippen molar-refractivity contribution >= 4 is 23.3 Å². The van der Waals surface area contributed by atoms with Gasteiger partial charge >= 0.3 is 0 Å². The normalized spacial score (nSPS) is 11.3. The van der Waals surface area contributed by atoms with Gasteiger partial charge in [-0.1, -0.05) is 6.07 Å². The summed E-state index contributed by atoms with van der Waals surface area (Å²) in [6, 6.07) is 5.65. The molecular formula is C10H10ClN3O. The topological polar surface area (TPSA) is 39.4 Å². The first-order chi connectivity index (χ1) is 7.31. The second kappa shape index (κ2) is 4.31. The number of halogens is 1. The molecule has 5 heteroatoms. The highest BCUT2D eigenvalue weighted by Gasteiger charge is 2.02. The van der Waals surface area contributed by atoms with E-state index in [-0.39, 0.29) is 5.28 Å². The number of rotatable bonds is 3. The van der Waals surface area contributed by atoms with Gasteiger partial charge in [0.25, 0.3) is 0 Å². The van der Waals surface area contributed by atoms with Gasteiger partial charge in [0.05, 0.1) is 18.6 Å². The van der Waals surface area contributed by atoms with Crippen molar-refractivity contribution in [3.05, 3.63) is 35.4 Å². The Bertz CT molecular complexity index is 492. The quantitative estimate of drug-likeness (QED) is 0.750. The van der Waals surface area contributed by atoms with E-state index in [0.29, 0.717) is 6.61 Å². The summed E-state index contributed by atoms with van der Waals surface area (Å²) in [7, 11) is 0. The lowest BCUT2D eigenvalue weighted by Gasteiger charge is -1.97. The average Bonchev–Trinajstić information content (AvgIpc) is 2.59.